The van der Waals surface area contributed by atoms with Crippen molar-refractivity contribution in [3.05, 3.63) is 78.5 Å². The maximum atomic E-state index is 12.4. The molecule has 0 aliphatic carbocycles. The van der Waals surface area contributed by atoms with Gasteiger partial charge in [-0.15, -0.1) is 0 Å². The molecular formula is C21H21N5O. The minimum absolute atomic E-state index is 0.0286. The van der Waals surface area contributed by atoms with Crippen LogP contribution in [-0.2, 0) is 17.8 Å². The number of benzene rings is 2. The van der Waals surface area contributed by atoms with Crippen LogP contribution in [0.2, 0.25) is 0 Å². The van der Waals surface area contributed by atoms with Crippen molar-refractivity contribution in [3.63, 3.8) is 0 Å². The zero-order valence-corrected chi connectivity index (χ0v) is 14.9. The van der Waals surface area contributed by atoms with Crippen LogP contribution in [0.5, 0.6) is 0 Å². The molecule has 0 bridgehead atoms. The third-order valence-corrected chi connectivity index (χ3v) is 4.62. The van der Waals surface area contributed by atoms with Gasteiger partial charge in [0, 0.05) is 29.2 Å². The molecule has 6 nitrogen and oxygen atoms in total. The average molecular weight is 359 g/mol. The Balaban J connectivity index is 1.34. The van der Waals surface area contributed by atoms with E-state index in [1.165, 1.54) is 17.3 Å². The number of amides is 1. The summed E-state index contributed by atoms with van der Waals surface area (Å²) in [6, 6.07) is 16.0. The lowest BCUT2D eigenvalue weighted by Crippen LogP contribution is -2.14. The number of anilines is 1. The molecule has 0 saturated carbocycles. The van der Waals surface area contributed by atoms with Crippen LogP contribution in [0.15, 0.2) is 67.4 Å². The van der Waals surface area contributed by atoms with E-state index in [1.54, 1.807) is 11.0 Å². The largest absolute Gasteiger partial charge is 0.361 e. The van der Waals surface area contributed by atoms with Crippen LogP contribution in [0.4, 0.5) is 5.69 Å². The lowest BCUT2D eigenvalue weighted by Gasteiger charge is -2.11. The maximum Gasteiger partial charge on any atom is 0.224 e. The molecule has 0 radical (unpaired) electrons. The standard InChI is InChI=1S/C21H21N5O/c27-21(11-5-7-16-12-23-20-10-4-2-8-18(16)20)25-19-9-3-1-6-17(19)13-26-15-22-14-24-26/h1-4,6,8-10,12,14-15,23H,5,7,11,13H2,(H,25,27). The molecule has 0 atom stereocenters. The normalized spacial score (nSPS) is 11.0. The van der Waals surface area contributed by atoms with E-state index in [-0.39, 0.29) is 5.91 Å². The second-order valence-corrected chi connectivity index (χ2v) is 6.51. The topological polar surface area (TPSA) is 75.6 Å². The van der Waals surface area contributed by atoms with Gasteiger partial charge >= 0.3 is 0 Å². The highest BCUT2D eigenvalue weighted by molar-refractivity contribution is 5.91. The number of carbonyl (C=O) groups excluding carboxylic acids is 1. The molecular weight excluding hydrogens is 338 g/mol. The van der Waals surface area contributed by atoms with E-state index in [4.69, 9.17) is 0 Å². The number of carbonyl (C=O) groups is 1. The number of nitrogens with zero attached hydrogens (tertiary/aromatic N) is 3. The first kappa shape index (κ1) is 17.0. The molecule has 2 heterocycles. The molecule has 4 aromatic rings. The van der Waals surface area contributed by atoms with Crippen LogP contribution in [0, 0.1) is 0 Å². The molecule has 1 amide bonds. The van der Waals surface area contributed by atoms with Gasteiger partial charge in [-0.1, -0.05) is 36.4 Å². The zero-order chi connectivity index (χ0) is 18.5. The summed E-state index contributed by atoms with van der Waals surface area (Å²) in [6.07, 6.45) is 7.37. The second kappa shape index (κ2) is 7.86. The number of para-hydroxylation sites is 2. The molecule has 27 heavy (non-hydrogen) atoms. The Morgan fingerprint density at radius 2 is 1.93 bits per heavy atom. The predicted molar refractivity (Wildman–Crippen MR) is 105 cm³/mol. The van der Waals surface area contributed by atoms with E-state index in [0.29, 0.717) is 13.0 Å². The summed E-state index contributed by atoms with van der Waals surface area (Å²) in [5.41, 5.74) is 4.22. The van der Waals surface area contributed by atoms with Crippen LogP contribution >= 0.6 is 0 Å². The first-order chi connectivity index (χ1) is 13.3. The number of aromatic amines is 1. The number of aromatic nitrogens is 4. The molecule has 4 rings (SSSR count). The molecule has 2 N–H and O–H groups in total. The number of H-pyrrole nitrogens is 1. The van der Waals surface area contributed by atoms with Gasteiger partial charge < -0.3 is 10.3 Å². The summed E-state index contributed by atoms with van der Waals surface area (Å²) in [5.74, 6) is 0.0286. The minimum atomic E-state index is 0.0286. The molecule has 0 fully saturated rings. The second-order valence-electron chi connectivity index (χ2n) is 6.51. The van der Waals surface area contributed by atoms with Crippen LogP contribution in [0.3, 0.4) is 0 Å². The van der Waals surface area contributed by atoms with Gasteiger partial charge in [0.1, 0.15) is 12.7 Å². The number of aryl methyl sites for hydroxylation is 1. The predicted octanol–water partition coefficient (Wildman–Crippen LogP) is 3.77. The van der Waals surface area contributed by atoms with Gasteiger partial charge in [-0.25, -0.2) is 9.67 Å². The molecule has 0 unspecified atom stereocenters. The van der Waals surface area contributed by atoms with Crippen molar-refractivity contribution in [2.45, 2.75) is 25.8 Å². The first-order valence-electron chi connectivity index (χ1n) is 9.05. The number of rotatable bonds is 7. The van der Waals surface area contributed by atoms with Crippen LogP contribution < -0.4 is 5.32 Å². The highest BCUT2D eigenvalue weighted by Gasteiger charge is 2.09. The van der Waals surface area contributed by atoms with E-state index in [1.807, 2.05) is 42.6 Å². The fourth-order valence-corrected chi connectivity index (χ4v) is 3.26. The Morgan fingerprint density at radius 1 is 1.07 bits per heavy atom. The summed E-state index contributed by atoms with van der Waals surface area (Å²) in [7, 11) is 0. The third kappa shape index (κ3) is 4.06. The zero-order valence-electron chi connectivity index (χ0n) is 14.9. The molecule has 136 valence electrons. The van der Waals surface area contributed by atoms with Gasteiger partial charge in [-0.2, -0.15) is 5.10 Å². The lowest BCUT2D eigenvalue weighted by atomic mass is 10.1. The molecule has 2 aromatic heterocycles. The minimum Gasteiger partial charge on any atom is -0.361 e. The van der Waals surface area contributed by atoms with Crippen molar-refractivity contribution < 1.29 is 4.79 Å². The maximum absolute atomic E-state index is 12.4. The SMILES string of the molecule is O=C(CCCc1c[nH]c2ccccc12)Nc1ccccc1Cn1cncn1. The number of hydrogen-bond acceptors (Lipinski definition) is 3. The third-order valence-electron chi connectivity index (χ3n) is 4.62. The lowest BCUT2D eigenvalue weighted by molar-refractivity contribution is -0.116. The highest BCUT2D eigenvalue weighted by Crippen LogP contribution is 2.20. The van der Waals surface area contributed by atoms with Gasteiger partial charge in [-0.3, -0.25) is 4.79 Å². The van der Waals surface area contributed by atoms with E-state index in [2.05, 4.69) is 32.5 Å². The summed E-state index contributed by atoms with van der Waals surface area (Å²) in [6.45, 7) is 0.575. The summed E-state index contributed by atoms with van der Waals surface area (Å²) < 4.78 is 1.74. The van der Waals surface area contributed by atoms with E-state index in [9.17, 15) is 4.79 Å². The van der Waals surface area contributed by atoms with Gasteiger partial charge in [0.25, 0.3) is 0 Å². The van der Waals surface area contributed by atoms with Gasteiger partial charge in [0.05, 0.1) is 6.54 Å². The Hall–Kier alpha value is -3.41. The van der Waals surface area contributed by atoms with Gasteiger partial charge in [0.15, 0.2) is 0 Å². The number of fused-ring (bicyclic) bond motifs is 1. The van der Waals surface area contributed by atoms with Crippen LogP contribution in [0.1, 0.15) is 24.0 Å². The van der Waals surface area contributed by atoms with Crippen LogP contribution in [-0.4, -0.2) is 25.7 Å². The van der Waals surface area contributed by atoms with Gasteiger partial charge in [0.2, 0.25) is 5.91 Å². The Kier molecular flexibility index (Phi) is 4.96. The molecule has 2 aromatic carbocycles. The fraction of sp³-hybridized carbons (Fsp3) is 0.190. The van der Waals surface area contributed by atoms with Crippen molar-refractivity contribution in [2.75, 3.05) is 5.32 Å². The van der Waals surface area contributed by atoms with Crippen LogP contribution in [0.25, 0.3) is 10.9 Å². The Morgan fingerprint density at radius 3 is 2.81 bits per heavy atom. The number of nitrogens with one attached hydrogen (secondary N) is 2. The quantitative estimate of drug-likeness (QED) is 0.527. The van der Waals surface area contributed by atoms with E-state index >= 15 is 0 Å². The smallest absolute Gasteiger partial charge is 0.224 e. The number of hydrogen-bond donors (Lipinski definition) is 2. The first-order valence-corrected chi connectivity index (χ1v) is 9.05. The van der Waals surface area contributed by atoms with E-state index < -0.39 is 0 Å². The molecule has 0 spiro atoms. The summed E-state index contributed by atoms with van der Waals surface area (Å²) in [5, 5.41) is 8.39. The van der Waals surface area contributed by atoms with Crippen molar-refractivity contribution in [1.29, 1.82) is 0 Å². The summed E-state index contributed by atoms with van der Waals surface area (Å²) >= 11 is 0. The van der Waals surface area contributed by atoms with Gasteiger partial charge in [-0.05, 0) is 36.1 Å². The Bertz CT molecular complexity index is 1040. The Labute approximate surface area is 157 Å². The highest BCUT2D eigenvalue weighted by atomic mass is 16.1. The van der Waals surface area contributed by atoms with Crippen molar-refractivity contribution >= 4 is 22.5 Å². The fourth-order valence-electron chi connectivity index (χ4n) is 3.26. The average Bonchev–Trinajstić information content (AvgIpc) is 3.34. The summed E-state index contributed by atoms with van der Waals surface area (Å²) in [4.78, 5) is 19.6. The molecule has 0 aliphatic heterocycles. The molecule has 0 saturated heterocycles. The van der Waals surface area contributed by atoms with Crippen molar-refractivity contribution in [3.8, 4) is 0 Å². The van der Waals surface area contributed by atoms with Crippen molar-refractivity contribution in [2.24, 2.45) is 0 Å². The molecule has 6 heteroatoms. The monoisotopic (exact) mass is 359 g/mol. The van der Waals surface area contributed by atoms with E-state index in [0.717, 1.165) is 29.6 Å². The molecule has 0 aliphatic rings. The van der Waals surface area contributed by atoms with Crippen molar-refractivity contribution in [1.82, 2.24) is 19.7 Å².